The van der Waals surface area contributed by atoms with Crippen LogP contribution in [0.3, 0.4) is 0 Å². The summed E-state index contributed by atoms with van der Waals surface area (Å²) in [6.45, 7) is -0.749. The van der Waals surface area contributed by atoms with Gasteiger partial charge in [0, 0.05) is 18.7 Å². The molecule has 1 aromatic heterocycles. The van der Waals surface area contributed by atoms with Gasteiger partial charge in [0.15, 0.2) is 0 Å². The zero-order valence-corrected chi connectivity index (χ0v) is 11.6. The lowest BCUT2D eigenvalue weighted by Gasteiger charge is -2.21. The molecule has 0 saturated heterocycles. The first kappa shape index (κ1) is 15.5. The Balaban J connectivity index is 1.95. The van der Waals surface area contributed by atoms with Gasteiger partial charge in [-0.2, -0.15) is 8.78 Å². The summed E-state index contributed by atoms with van der Waals surface area (Å²) < 4.78 is 34.2. The molecule has 2 rings (SSSR count). The van der Waals surface area contributed by atoms with Crippen molar-refractivity contribution >= 4 is 0 Å². The monoisotopic (exact) mass is 297 g/mol. The fourth-order valence-electron chi connectivity index (χ4n) is 1.97. The van der Waals surface area contributed by atoms with E-state index in [2.05, 4.69) is 10.1 Å². The third-order valence-corrected chi connectivity index (χ3v) is 3.03. The van der Waals surface area contributed by atoms with Crippen molar-refractivity contribution < 1.29 is 23.0 Å². The summed E-state index contributed by atoms with van der Waals surface area (Å²) in [4.78, 5) is 0. The molecular weight excluding hydrogens is 280 g/mol. The van der Waals surface area contributed by atoms with Crippen LogP contribution in [0.15, 0.2) is 47.1 Å². The fourth-order valence-corrected chi connectivity index (χ4v) is 1.97. The van der Waals surface area contributed by atoms with Crippen LogP contribution in [0.1, 0.15) is 18.2 Å². The van der Waals surface area contributed by atoms with Gasteiger partial charge in [-0.3, -0.25) is 0 Å². The summed E-state index contributed by atoms with van der Waals surface area (Å²) in [5.41, 5.74) is -0.588. The minimum Gasteiger partial charge on any atom is -0.466 e. The van der Waals surface area contributed by atoms with Gasteiger partial charge in [-0.05, 0) is 25.1 Å². The van der Waals surface area contributed by atoms with Crippen molar-refractivity contribution in [1.29, 1.82) is 0 Å². The smallest absolute Gasteiger partial charge is 0.387 e. The number of hydrogen-bond acceptors (Lipinski definition) is 4. The van der Waals surface area contributed by atoms with Crippen LogP contribution in [0.4, 0.5) is 8.78 Å². The van der Waals surface area contributed by atoms with Crippen LogP contribution in [0.25, 0.3) is 0 Å². The highest BCUT2D eigenvalue weighted by atomic mass is 19.3. The predicted octanol–water partition coefficient (Wildman–Crippen LogP) is 2.88. The Kier molecular flexibility index (Phi) is 4.93. The molecule has 2 aromatic rings. The number of halogens is 2. The topological polar surface area (TPSA) is 54.6 Å². The van der Waals surface area contributed by atoms with Gasteiger partial charge in [-0.15, -0.1) is 0 Å². The van der Waals surface area contributed by atoms with Gasteiger partial charge in [-0.25, -0.2) is 0 Å². The largest absolute Gasteiger partial charge is 0.466 e. The van der Waals surface area contributed by atoms with Gasteiger partial charge in [0.05, 0.1) is 6.26 Å². The minimum absolute atomic E-state index is 0.123. The lowest BCUT2D eigenvalue weighted by molar-refractivity contribution is -0.0505. The van der Waals surface area contributed by atoms with Crippen LogP contribution >= 0.6 is 0 Å². The molecular formula is C15H17F2NO3. The first-order valence-corrected chi connectivity index (χ1v) is 6.49. The number of nitrogens with one attached hydrogen (secondary N) is 1. The molecule has 0 radical (unpaired) electrons. The maximum absolute atomic E-state index is 12.3. The quantitative estimate of drug-likeness (QED) is 0.825. The predicted molar refractivity (Wildman–Crippen MR) is 73.1 cm³/mol. The van der Waals surface area contributed by atoms with E-state index in [-0.39, 0.29) is 12.3 Å². The third kappa shape index (κ3) is 4.27. The molecule has 21 heavy (non-hydrogen) atoms. The van der Waals surface area contributed by atoms with Crippen molar-refractivity contribution in [2.45, 2.75) is 25.7 Å². The summed E-state index contributed by atoms with van der Waals surface area (Å²) in [5, 5.41) is 13.3. The average molecular weight is 297 g/mol. The number of furan rings is 1. The van der Waals surface area contributed by atoms with Gasteiger partial charge >= 0.3 is 6.61 Å². The normalized spacial score (nSPS) is 14.1. The average Bonchev–Trinajstić information content (AvgIpc) is 2.95. The van der Waals surface area contributed by atoms with Crippen molar-refractivity contribution in [1.82, 2.24) is 5.32 Å². The molecule has 4 nitrogen and oxygen atoms in total. The van der Waals surface area contributed by atoms with Crippen LogP contribution in [0, 0.1) is 0 Å². The molecule has 1 heterocycles. The van der Waals surface area contributed by atoms with Crippen molar-refractivity contribution in [2.75, 3.05) is 6.54 Å². The van der Waals surface area contributed by atoms with Crippen molar-refractivity contribution in [3.05, 3.63) is 54.0 Å². The number of ether oxygens (including phenoxy) is 1. The Bertz CT molecular complexity index is 556. The lowest BCUT2D eigenvalue weighted by Crippen LogP contribution is -2.34. The Hall–Kier alpha value is -1.92. The fraction of sp³-hybridized carbons (Fsp3) is 0.333. The van der Waals surface area contributed by atoms with E-state index < -0.39 is 12.2 Å². The Morgan fingerprint density at radius 1 is 1.29 bits per heavy atom. The molecule has 1 aromatic carbocycles. The summed E-state index contributed by atoms with van der Waals surface area (Å²) in [6, 6.07) is 9.89. The van der Waals surface area contributed by atoms with Crippen LogP contribution in [-0.2, 0) is 12.1 Å². The van der Waals surface area contributed by atoms with Crippen LogP contribution in [-0.4, -0.2) is 18.3 Å². The van der Waals surface area contributed by atoms with Gasteiger partial charge in [0.25, 0.3) is 0 Å². The molecule has 2 N–H and O–H groups in total. The van der Waals surface area contributed by atoms with Crippen LogP contribution in [0.5, 0.6) is 5.75 Å². The third-order valence-electron chi connectivity index (χ3n) is 3.03. The maximum Gasteiger partial charge on any atom is 0.387 e. The Morgan fingerprint density at radius 3 is 2.71 bits per heavy atom. The Labute approximate surface area is 121 Å². The summed E-state index contributed by atoms with van der Waals surface area (Å²) in [7, 11) is 0. The number of rotatable bonds is 7. The molecule has 1 unspecified atom stereocenters. The number of alkyl halides is 2. The Morgan fingerprint density at radius 2 is 2.05 bits per heavy atom. The summed E-state index contributed by atoms with van der Waals surface area (Å²) >= 11 is 0. The van der Waals surface area contributed by atoms with Gasteiger partial charge in [0.1, 0.15) is 17.1 Å². The number of aliphatic hydroxyl groups is 1. The van der Waals surface area contributed by atoms with E-state index >= 15 is 0 Å². The van der Waals surface area contributed by atoms with E-state index in [0.29, 0.717) is 17.9 Å². The van der Waals surface area contributed by atoms with Gasteiger partial charge in [0.2, 0.25) is 0 Å². The second-order valence-electron chi connectivity index (χ2n) is 4.84. The van der Waals surface area contributed by atoms with E-state index in [4.69, 9.17) is 4.42 Å². The van der Waals surface area contributed by atoms with E-state index in [1.54, 1.807) is 37.3 Å². The molecule has 0 amide bonds. The molecule has 0 bridgehead atoms. The highest BCUT2D eigenvalue weighted by Gasteiger charge is 2.25. The molecule has 1 atom stereocenters. The molecule has 0 aliphatic carbocycles. The molecule has 114 valence electrons. The van der Waals surface area contributed by atoms with Gasteiger partial charge < -0.3 is 19.6 Å². The summed E-state index contributed by atoms with van der Waals surface area (Å²) in [6.07, 6.45) is 1.48. The summed E-state index contributed by atoms with van der Waals surface area (Å²) in [5.74, 6) is 0.560. The lowest BCUT2D eigenvalue weighted by atomic mass is 10.0. The zero-order chi connectivity index (χ0) is 15.3. The van der Waals surface area contributed by atoms with Crippen LogP contribution in [0.2, 0.25) is 0 Å². The molecule has 0 spiro atoms. The van der Waals surface area contributed by atoms with E-state index in [1.165, 1.54) is 12.3 Å². The second kappa shape index (κ2) is 6.69. The highest BCUT2D eigenvalue weighted by Crippen LogP contribution is 2.22. The van der Waals surface area contributed by atoms with E-state index in [0.717, 1.165) is 0 Å². The van der Waals surface area contributed by atoms with Gasteiger partial charge in [-0.1, -0.05) is 18.2 Å². The highest BCUT2D eigenvalue weighted by molar-refractivity contribution is 5.33. The van der Waals surface area contributed by atoms with E-state index in [1.807, 2.05) is 0 Å². The van der Waals surface area contributed by atoms with Crippen molar-refractivity contribution in [3.63, 3.8) is 0 Å². The van der Waals surface area contributed by atoms with Crippen molar-refractivity contribution in [3.8, 4) is 5.75 Å². The molecule has 0 fully saturated rings. The number of para-hydroxylation sites is 1. The van der Waals surface area contributed by atoms with Crippen molar-refractivity contribution in [2.24, 2.45) is 0 Å². The first-order valence-electron chi connectivity index (χ1n) is 6.49. The molecule has 0 aliphatic heterocycles. The molecule has 0 saturated carbocycles. The molecule has 6 heteroatoms. The van der Waals surface area contributed by atoms with E-state index in [9.17, 15) is 13.9 Å². The SMILES string of the molecule is CC(O)(CNCc1ccccc1OC(F)F)c1ccco1. The minimum atomic E-state index is -2.86. The number of benzene rings is 1. The second-order valence-corrected chi connectivity index (χ2v) is 4.84. The zero-order valence-electron chi connectivity index (χ0n) is 11.6. The maximum atomic E-state index is 12.3. The first-order chi connectivity index (χ1) is 9.99. The molecule has 0 aliphatic rings. The van der Waals surface area contributed by atoms with Crippen LogP contribution < -0.4 is 10.1 Å². The standard InChI is InChI=1S/C15H17F2NO3/c1-15(19,13-7-4-8-20-13)10-18-9-11-5-2-3-6-12(11)21-14(16)17/h2-8,14,18-19H,9-10H2,1H3. The number of hydrogen-bond donors (Lipinski definition) is 2.